The lowest BCUT2D eigenvalue weighted by Gasteiger charge is -2.22. The number of unbranched alkanes of at least 4 members (excludes halogenated alkanes) is 1. The van der Waals surface area contributed by atoms with Crippen LogP contribution in [0.3, 0.4) is 0 Å². The van der Waals surface area contributed by atoms with Crippen LogP contribution in [-0.4, -0.2) is 11.7 Å². The molecule has 0 radical (unpaired) electrons. The Hall–Kier alpha value is -0.0400. The highest BCUT2D eigenvalue weighted by molar-refractivity contribution is 5.03. The number of hydrogen-bond donors (Lipinski definition) is 0. The summed E-state index contributed by atoms with van der Waals surface area (Å²) in [5, 5.41) is 0. The fourth-order valence-corrected chi connectivity index (χ4v) is 2.97. The van der Waals surface area contributed by atoms with Crippen LogP contribution in [0.5, 0.6) is 0 Å². The summed E-state index contributed by atoms with van der Waals surface area (Å²) in [5.41, 5.74) is 0.314. The molecule has 0 bridgehead atoms. The van der Waals surface area contributed by atoms with Crippen molar-refractivity contribution in [2.45, 2.75) is 105 Å². The van der Waals surface area contributed by atoms with E-state index in [0.717, 1.165) is 11.8 Å². The van der Waals surface area contributed by atoms with Gasteiger partial charge in [0.2, 0.25) is 0 Å². The molecule has 1 heteroatoms. The van der Waals surface area contributed by atoms with Crippen LogP contribution in [0.1, 0.15) is 93.4 Å². The molecule has 0 aromatic rings. The van der Waals surface area contributed by atoms with E-state index in [4.69, 9.17) is 4.74 Å². The molecule has 1 saturated heterocycles. The highest BCUT2D eigenvalue weighted by Crippen LogP contribution is 2.50. The Kier molecular flexibility index (Phi) is 9.78. The first-order valence-electron chi connectivity index (χ1n) is 8.78. The molecule has 1 heterocycles. The number of ether oxygens (including phenoxy) is 1. The molecular weight excluding hydrogens is 232 g/mol. The highest BCUT2D eigenvalue weighted by atomic mass is 16.6. The minimum Gasteiger partial charge on any atom is -0.366 e. The van der Waals surface area contributed by atoms with Gasteiger partial charge in [0.05, 0.1) is 11.7 Å². The Labute approximate surface area is 122 Å². The van der Waals surface area contributed by atoms with Crippen LogP contribution >= 0.6 is 0 Å². The van der Waals surface area contributed by atoms with Gasteiger partial charge in [-0.2, -0.15) is 0 Å². The molecule has 0 aromatic heterocycles. The van der Waals surface area contributed by atoms with Crippen LogP contribution in [0.4, 0.5) is 0 Å². The molecule has 0 amide bonds. The minimum atomic E-state index is 0.314. The quantitative estimate of drug-likeness (QED) is 0.427. The predicted octanol–water partition coefficient (Wildman–Crippen LogP) is 6.21. The summed E-state index contributed by atoms with van der Waals surface area (Å²) in [6, 6.07) is 0. The second-order valence-corrected chi connectivity index (χ2v) is 6.24. The highest BCUT2D eigenvalue weighted by Gasteiger charge is 2.54. The topological polar surface area (TPSA) is 12.5 Å². The molecule has 0 spiro atoms. The predicted molar refractivity (Wildman–Crippen MR) is 86.6 cm³/mol. The summed E-state index contributed by atoms with van der Waals surface area (Å²) in [7, 11) is 0. The van der Waals surface area contributed by atoms with Gasteiger partial charge in [-0.15, -0.1) is 0 Å². The van der Waals surface area contributed by atoms with E-state index >= 15 is 0 Å². The van der Waals surface area contributed by atoms with E-state index in [9.17, 15) is 0 Å². The zero-order valence-electron chi connectivity index (χ0n) is 14.6. The van der Waals surface area contributed by atoms with Crippen LogP contribution in [-0.2, 0) is 4.74 Å². The van der Waals surface area contributed by atoms with Gasteiger partial charge in [0, 0.05) is 0 Å². The molecule has 2 aliphatic rings. The third-order valence-electron chi connectivity index (χ3n) is 4.28. The SMILES string of the molecule is CC.CC.CC(C)CCCCC1CCC2(C)OC2C1. The van der Waals surface area contributed by atoms with Gasteiger partial charge in [-0.25, -0.2) is 0 Å². The van der Waals surface area contributed by atoms with Crippen LogP contribution in [0.2, 0.25) is 0 Å². The second-order valence-electron chi connectivity index (χ2n) is 6.24. The van der Waals surface area contributed by atoms with E-state index < -0.39 is 0 Å². The summed E-state index contributed by atoms with van der Waals surface area (Å²) in [4.78, 5) is 0. The Morgan fingerprint density at radius 2 is 1.74 bits per heavy atom. The zero-order chi connectivity index (χ0) is 14.9. The fourth-order valence-electron chi connectivity index (χ4n) is 2.97. The first kappa shape index (κ1) is 19.0. The molecule has 0 aromatic carbocycles. The number of fused-ring (bicyclic) bond motifs is 1. The van der Waals surface area contributed by atoms with Gasteiger partial charge in [0.25, 0.3) is 0 Å². The van der Waals surface area contributed by atoms with Gasteiger partial charge in [-0.1, -0.05) is 67.2 Å². The van der Waals surface area contributed by atoms with Crippen molar-refractivity contribution in [3.8, 4) is 0 Å². The van der Waals surface area contributed by atoms with E-state index in [1.165, 1.54) is 44.9 Å². The van der Waals surface area contributed by atoms with Crippen LogP contribution < -0.4 is 0 Å². The van der Waals surface area contributed by atoms with Crippen LogP contribution in [0, 0.1) is 11.8 Å². The third kappa shape index (κ3) is 6.79. The Bertz CT molecular complexity index is 212. The number of epoxide rings is 1. The normalized spacial score (nSPS) is 31.6. The van der Waals surface area contributed by atoms with E-state index in [0.29, 0.717) is 11.7 Å². The summed E-state index contributed by atoms with van der Waals surface area (Å²) >= 11 is 0. The maximum atomic E-state index is 5.74. The maximum absolute atomic E-state index is 5.74. The van der Waals surface area contributed by atoms with E-state index in [2.05, 4.69) is 20.8 Å². The van der Waals surface area contributed by atoms with E-state index in [1.54, 1.807) is 0 Å². The smallest absolute Gasteiger partial charge is 0.0920 e. The minimum absolute atomic E-state index is 0.314. The Balaban J connectivity index is 0.000000741. The lowest BCUT2D eigenvalue weighted by atomic mass is 9.80. The van der Waals surface area contributed by atoms with Crippen molar-refractivity contribution in [2.24, 2.45) is 11.8 Å². The number of hydrogen-bond acceptors (Lipinski definition) is 1. The lowest BCUT2D eigenvalue weighted by Crippen LogP contribution is -2.21. The molecule has 1 aliphatic heterocycles. The van der Waals surface area contributed by atoms with Gasteiger partial charge >= 0.3 is 0 Å². The molecule has 19 heavy (non-hydrogen) atoms. The van der Waals surface area contributed by atoms with Gasteiger partial charge in [-0.05, 0) is 38.0 Å². The summed E-state index contributed by atoms with van der Waals surface area (Å²) in [6.07, 6.45) is 10.4. The molecule has 1 nitrogen and oxygen atoms in total. The van der Waals surface area contributed by atoms with E-state index in [-0.39, 0.29) is 0 Å². The molecular formula is C18H38O. The standard InChI is InChI=1S/C14H26O.2C2H6/c1-11(2)6-4-5-7-12-8-9-14(3)13(10-12)15-14;2*1-2/h11-13H,4-10H2,1-3H3;2*1-2H3. The maximum Gasteiger partial charge on any atom is 0.0920 e. The average Bonchev–Trinajstić information content (AvgIpc) is 3.10. The first-order chi connectivity index (χ1) is 9.10. The van der Waals surface area contributed by atoms with Crippen LogP contribution in [0.25, 0.3) is 0 Å². The summed E-state index contributed by atoms with van der Waals surface area (Å²) in [6.45, 7) is 14.9. The molecule has 116 valence electrons. The molecule has 3 atom stereocenters. The molecule has 2 rings (SSSR count). The second kappa shape index (κ2) is 9.80. The summed E-state index contributed by atoms with van der Waals surface area (Å²) < 4.78 is 5.74. The first-order valence-corrected chi connectivity index (χ1v) is 8.78. The molecule has 3 unspecified atom stereocenters. The van der Waals surface area contributed by atoms with Gasteiger partial charge in [-0.3, -0.25) is 0 Å². The lowest BCUT2D eigenvalue weighted by molar-refractivity contribution is 0.297. The largest absolute Gasteiger partial charge is 0.366 e. The Morgan fingerprint density at radius 3 is 2.26 bits per heavy atom. The van der Waals surface area contributed by atoms with Crippen LogP contribution in [0.15, 0.2) is 0 Å². The fraction of sp³-hybridized carbons (Fsp3) is 1.00. The van der Waals surface area contributed by atoms with Crippen molar-refractivity contribution in [1.29, 1.82) is 0 Å². The van der Waals surface area contributed by atoms with Gasteiger partial charge in [0.1, 0.15) is 0 Å². The monoisotopic (exact) mass is 270 g/mol. The van der Waals surface area contributed by atoms with Gasteiger partial charge in [0.15, 0.2) is 0 Å². The number of rotatable bonds is 5. The van der Waals surface area contributed by atoms with Gasteiger partial charge < -0.3 is 4.74 Å². The van der Waals surface area contributed by atoms with Crippen molar-refractivity contribution in [3.05, 3.63) is 0 Å². The zero-order valence-corrected chi connectivity index (χ0v) is 14.6. The van der Waals surface area contributed by atoms with Crippen molar-refractivity contribution in [1.82, 2.24) is 0 Å². The third-order valence-corrected chi connectivity index (χ3v) is 4.28. The van der Waals surface area contributed by atoms with E-state index in [1.807, 2.05) is 27.7 Å². The Morgan fingerprint density at radius 1 is 1.11 bits per heavy atom. The van der Waals surface area contributed by atoms with Crippen molar-refractivity contribution in [2.75, 3.05) is 0 Å². The average molecular weight is 271 g/mol. The van der Waals surface area contributed by atoms with Crippen molar-refractivity contribution < 1.29 is 4.74 Å². The summed E-state index contributed by atoms with van der Waals surface area (Å²) in [5.74, 6) is 1.85. The molecule has 1 aliphatic carbocycles. The molecule has 1 saturated carbocycles. The molecule has 2 fully saturated rings. The van der Waals surface area contributed by atoms with Crippen molar-refractivity contribution in [3.63, 3.8) is 0 Å². The molecule has 0 N–H and O–H groups in total. The van der Waals surface area contributed by atoms with Crippen molar-refractivity contribution >= 4 is 0 Å².